The molecule has 2 aromatic rings. The van der Waals surface area contributed by atoms with Crippen molar-refractivity contribution in [1.82, 2.24) is 15.5 Å². The summed E-state index contributed by atoms with van der Waals surface area (Å²) in [4.78, 5) is 14.5. The van der Waals surface area contributed by atoms with E-state index in [0.29, 0.717) is 24.9 Å². The fourth-order valence-corrected chi connectivity index (χ4v) is 3.75. The van der Waals surface area contributed by atoms with Crippen LogP contribution in [0.2, 0.25) is 0 Å². The van der Waals surface area contributed by atoms with Gasteiger partial charge in [0.2, 0.25) is 0 Å². The van der Waals surface area contributed by atoms with Crippen molar-refractivity contribution in [2.45, 2.75) is 37.8 Å². The van der Waals surface area contributed by atoms with Gasteiger partial charge in [-0.15, -0.1) is 10.2 Å². The van der Waals surface area contributed by atoms with Crippen LogP contribution in [0.25, 0.3) is 0 Å². The molecule has 0 atom stereocenters. The highest BCUT2D eigenvalue weighted by molar-refractivity contribution is 5.92. The van der Waals surface area contributed by atoms with Gasteiger partial charge in [0, 0.05) is 44.1 Å². The molecule has 4 rings (SSSR count). The van der Waals surface area contributed by atoms with Gasteiger partial charge < -0.3 is 20.3 Å². The maximum absolute atomic E-state index is 13.0. The van der Waals surface area contributed by atoms with Gasteiger partial charge in [-0.05, 0) is 62.1 Å². The average molecular weight is 399 g/mol. The summed E-state index contributed by atoms with van der Waals surface area (Å²) in [6.07, 6.45) is 3.56. The third kappa shape index (κ3) is 5.20. The first-order chi connectivity index (χ1) is 14.2. The summed E-state index contributed by atoms with van der Waals surface area (Å²) < 4.78 is 18.3. The summed E-state index contributed by atoms with van der Waals surface area (Å²) in [6, 6.07) is 10.5. The van der Waals surface area contributed by atoms with Gasteiger partial charge >= 0.3 is 0 Å². The molecule has 0 aliphatic carbocycles. The second-order valence-electron chi connectivity index (χ2n) is 7.55. The van der Waals surface area contributed by atoms with Crippen LogP contribution in [0.4, 0.5) is 15.9 Å². The zero-order valence-corrected chi connectivity index (χ0v) is 16.3. The number of carbonyl (C=O) groups excluding carboxylic acids is 1. The van der Waals surface area contributed by atoms with E-state index in [0.717, 1.165) is 50.3 Å². The number of anilines is 2. The molecular weight excluding hydrogens is 373 g/mol. The highest BCUT2D eigenvalue weighted by Gasteiger charge is 2.22. The lowest BCUT2D eigenvalue weighted by Gasteiger charge is -2.33. The zero-order chi connectivity index (χ0) is 20.1. The maximum atomic E-state index is 13.0. The Morgan fingerprint density at radius 2 is 1.69 bits per heavy atom. The lowest BCUT2D eigenvalue weighted by atomic mass is 10.0. The van der Waals surface area contributed by atoms with Gasteiger partial charge in [0.1, 0.15) is 5.82 Å². The maximum Gasteiger partial charge on any atom is 0.272 e. The second kappa shape index (κ2) is 9.17. The van der Waals surface area contributed by atoms with Crippen LogP contribution in [0.1, 0.15) is 36.2 Å². The van der Waals surface area contributed by atoms with Crippen molar-refractivity contribution < 1.29 is 13.9 Å². The Kier molecular flexibility index (Phi) is 6.19. The van der Waals surface area contributed by atoms with Crippen molar-refractivity contribution >= 4 is 17.4 Å². The molecule has 1 aromatic heterocycles. The monoisotopic (exact) mass is 399 g/mol. The molecule has 0 unspecified atom stereocenters. The number of hydrogen-bond acceptors (Lipinski definition) is 6. The van der Waals surface area contributed by atoms with Gasteiger partial charge in [0.15, 0.2) is 11.5 Å². The minimum Gasteiger partial charge on any atom is -0.382 e. The van der Waals surface area contributed by atoms with Crippen LogP contribution in [0.5, 0.6) is 0 Å². The summed E-state index contributed by atoms with van der Waals surface area (Å²) in [5.74, 6) is 0.375. The van der Waals surface area contributed by atoms with Crippen molar-refractivity contribution in [2.24, 2.45) is 0 Å². The SMILES string of the molecule is O=C(NC1CCOCC1)c1ccc(N2CCC(Nc3ccc(F)cc3)CC2)nn1. The molecular formula is C21H26FN5O2. The first-order valence-corrected chi connectivity index (χ1v) is 10.2. The van der Waals surface area contributed by atoms with Gasteiger partial charge in [-0.25, -0.2) is 4.39 Å². The molecule has 2 aliphatic heterocycles. The fourth-order valence-electron chi connectivity index (χ4n) is 3.75. The largest absolute Gasteiger partial charge is 0.382 e. The fraction of sp³-hybridized carbons (Fsp3) is 0.476. The van der Waals surface area contributed by atoms with Crippen molar-refractivity contribution in [3.63, 3.8) is 0 Å². The summed E-state index contributed by atoms with van der Waals surface area (Å²) >= 11 is 0. The smallest absolute Gasteiger partial charge is 0.272 e. The molecule has 154 valence electrons. The van der Waals surface area contributed by atoms with E-state index >= 15 is 0 Å². The molecule has 0 saturated carbocycles. The van der Waals surface area contributed by atoms with Gasteiger partial charge in [-0.1, -0.05) is 0 Å². The van der Waals surface area contributed by atoms with Crippen LogP contribution in [-0.4, -0.2) is 54.5 Å². The molecule has 2 saturated heterocycles. The van der Waals surface area contributed by atoms with Crippen LogP contribution in [0, 0.1) is 5.82 Å². The summed E-state index contributed by atoms with van der Waals surface area (Å²) in [6.45, 7) is 3.06. The molecule has 1 amide bonds. The normalized spacial score (nSPS) is 18.4. The number of carbonyl (C=O) groups is 1. The summed E-state index contributed by atoms with van der Waals surface area (Å²) in [5, 5.41) is 14.8. The molecule has 29 heavy (non-hydrogen) atoms. The molecule has 2 aliphatic rings. The minimum atomic E-state index is -0.228. The third-order valence-corrected chi connectivity index (χ3v) is 5.47. The molecule has 0 radical (unpaired) electrons. The van der Waals surface area contributed by atoms with E-state index in [2.05, 4.69) is 25.7 Å². The van der Waals surface area contributed by atoms with E-state index in [1.807, 2.05) is 6.07 Å². The van der Waals surface area contributed by atoms with Crippen LogP contribution >= 0.6 is 0 Å². The van der Waals surface area contributed by atoms with E-state index in [-0.39, 0.29) is 17.8 Å². The van der Waals surface area contributed by atoms with Crippen LogP contribution in [0.15, 0.2) is 36.4 Å². The number of halogens is 1. The number of aromatic nitrogens is 2. The lowest BCUT2D eigenvalue weighted by molar-refractivity contribution is 0.0693. The standard InChI is InChI=1S/C21H26FN5O2/c22-15-1-3-16(4-2-15)23-17-7-11-27(12-8-17)20-6-5-19(25-26-20)21(28)24-18-9-13-29-14-10-18/h1-6,17-18,23H,7-14H2,(H,24,28). The molecule has 0 spiro atoms. The van der Waals surface area contributed by atoms with Crippen molar-refractivity contribution in [2.75, 3.05) is 36.5 Å². The molecule has 3 heterocycles. The summed E-state index contributed by atoms with van der Waals surface area (Å²) in [7, 11) is 0. The quantitative estimate of drug-likeness (QED) is 0.805. The van der Waals surface area contributed by atoms with Gasteiger partial charge in [-0.3, -0.25) is 4.79 Å². The average Bonchev–Trinajstić information content (AvgIpc) is 2.77. The molecule has 7 nitrogen and oxygen atoms in total. The number of nitrogens with one attached hydrogen (secondary N) is 2. The van der Waals surface area contributed by atoms with Crippen molar-refractivity contribution in [3.8, 4) is 0 Å². The van der Waals surface area contributed by atoms with Crippen molar-refractivity contribution in [3.05, 3.63) is 47.9 Å². The Morgan fingerprint density at radius 3 is 2.34 bits per heavy atom. The predicted octanol–water partition coefficient (Wildman–Crippen LogP) is 2.61. The number of piperidine rings is 1. The Hall–Kier alpha value is -2.74. The Bertz CT molecular complexity index is 801. The second-order valence-corrected chi connectivity index (χ2v) is 7.55. The third-order valence-electron chi connectivity index (χ3n) is 5.47. The number of hydrogen-bond donors (Lipinski definition) is 2. The molecule has 1 aromatic carbocycles. The van der Waals surface area contributed by atoms with Gasteiger partial charge in [0.05, 0.1) is 0 Å². The number of rotatable bonds is 5. The molecule has 8 heteroatoms. The molecule has 2 N–H and O–H groups in total. The number of ether oxygens (including phenoxy) is 1. The Balaban J connectivity index is 1.27. The molecule has 2 fully saturated rings. The van der Waals surface area contributed by atoms with Gasteiger partial charge in [-0.2, -0.15) is 0 Å². The Labute approximate surface area is 169 Å². The van der Waals surface area contributed by atoms with E-state index in [1.54, 1.807) is 18.2 Å². The first-order valence-electron chi connectivity index (χ1n) is 10.2. The van der Waals surface area contributed by atoms with Crippen molar-refractivity contribution in [1.29, 1.82) is 0 Å². The topological polar surface area (TPSA) is 79.4 Å². The number of benzene rings is 1. The molecule has 0 bridgehead atoms. The number of nitrogens with zero attached hydrogens (tertiary/aromatic N) is 3. The zero-order valence-electron chi connectivity index (χ0n) is 16.3. The van der Waals surface area contributed by atoms with Crippen LogP contribution in [-0.2, 0) is 4.74 Å². The summed E-state index contributed by atoms with van der Waals surface area (Å²) in [5.41, 5.74) is 1.28. The van der Waals surface area contributed by atoms with E-state index in [1.165, 1.54) is 12.1 Å². The highest BCUT2D eigenvalue weighted by Crippen LogP contribution is 2.20. The van der Waals surface area contributed by atoms with E-state index in [9.17, 15) is 9.18 Å². The minimum absolute atomic E-state index is 0.144. The first kappa shape index (κ1) is 19.6. The van der Waals surface area contributed by atoms with Gasteiger partial charge in [0.25, 0.3) is 5.91 Å². The Morgan fingerprint density at radius 1 is 0.966 bits per heavy atom. The predicted molar refractivity (Wildman–Crippen MR) is 109 cm³/mol. The number of amides is 1. The van der Waals surface area contributed by atoms with E-state index in [4.69, 9.17) is 4.74 Å². The highest BCUT2D eigenvalue weighted by atomic mass is 19.1. The van der Waals surface area contributed by atoms with Crippen LogP contribution in [0.3, 0.4) is 0 Å². The lowest BCUT2D eigenvalue weighted by Crippen LogP contribution is -2.40. The van der Waals surface area contributed by atoms with Crippen LogP contribution < -0.4 is 15.5 Å². The van der Waals surface area contributed by atoms with E-state index < -0.39 is 0 Å².